The van der Waals surface area contributed by atoms with Gasteiger partial charge in [-0.2, -0.15) is 0 Å². The van der Waals surface area contributed by atoms with Crippen LogP contribution < -0.4 is 0 Å². The summed E-state index contributed by atoms with van der Waals surface area (Å²) in [6.07, 6.45) is 3.42. The number of ether oxygens (including phenoxy) is 1. The summed E-state index contributed by atoms with van der Waals surface area (Å²) in [4.78, 5) is 10.0. The summed E-state index contributed by atoms with van der Waals surface area (Å²) < 4.78 is 32.0. The SMILES string of the molecule is COCCN(C)S(=O)(=O)C1CCCN(Cc2cnc(-c3ccccc3)[nH]2)C1. The number of aromatic nitrogens is 2. The van der Waals surface area contributed by atoms with E-state index in [1.54, 1.807) is 14.2 Å². The van der Waals surface area contributed by atoms with Gasteiger partial charge in [0.25, 0.3) is 0 Å². The van der Waals surface area contributed by atoms with Gasteiger partial charge in [0.15, 0.2) is 0 Å². The van der Waals surface area contributed by atoms with Gasteiger partial charge in [0.05, 0.1) is 11.9 Å². The predicted octanol–water partition coefficient (Wildman–Crippen LogP) is 1.95. The number of nitrogens with zero attached hydrogens (tertiary/aromatic N) is 3. The Morgan fingerprint density at radius 1 is 1.33 bits per heavy atom. The number of likely N-dealkylation sites (N-methyl/N-ethyl adjacent to an activating group) is 1. The van der Waals surface area contributed by atoms with Crippen molar-refractivity contribution in [2.75, 3.05) is 40.4 Å². The van der Waals surface area contributed by atoms with Crippen molar-refractivity contribution >= 4 is 10.0 Å². The van der Waals surface area contributed by atoms with E-state index < -0.39 is 10.0 Å². The number of nitrogens with one attached hydrogen (secondary N) is 1. The molecule has 0 radical (unpaired) electrons. The van der Waals surface area contributed by atoms with Crippen LogP contribution >= 0.6 is 0 Å². The standard InChI is InChI=1S/C19H28N4O3S/c1-22(11-12-26-2)27(24,25)18-9-6-10-23(15-18)14-17-13-20-19(21-17)16-7-4-3-5-8-16/h3-5,7-8,13,18H,6,9-12,14-15H2,1-2H3,(H,20,21). The van der Waals surface area contributed by atoms with Crippen molar-refractivity contribution in [1.82, 2.24) is 19.2 Å². The smallest absolute Gasteiger partial charge is 0.218 e. The highest BCUT2D eigenvalue weighted by Gasteiger charge is 2.33. The highest BCUT2D eigenvalue weighted by Crippen LogP contribution is 2.22. The van der Waals surface area contributed by atoms with Crippen molar-refractivity contribution in [3.05, 3.63) is 42.2 Å². The fourth-order valence-corrected chi connectivity index (χ4v) is 5.13. The number of piperidine rings is 1. The summed E-state index contributed by atoms with van der Waals surface area (Å²) in [5.41, 5.74) is 2.04. The first-order valence-corrected chi connectivity index (χ1v) is 10.8. The van der Waals surface area contributed by atoms with E-state index >= 15 is 0 Å². The summed E-state index contributed by atoms with van der Waals surface area (Å²) in [7, 11) is -0.0979. The molecule has 2 heterocycles. The summed E-state index contributed by atoms with van der Waals surface area (Å²) >= 11 is 0. The van der Waals surface area contributed by atoms with Crippen molar-refractivity contribution in [2.24, 2.45) is 0 Å². The van der Waals surface area contributed by atoms with Gasteiger partial charge in [-0.1, -0.05) is 30.3 Å². The number of likely N-dealkylation sites (tertiary alicyclic amines) is 1. The van der Waals surface area contributed by atoms with Crippen LogP contribution in [0.2, 0.25) is 0 Å². The number of imidazole rings is 1. The van der Waals surface area contributed by atoms with E-state index in [4.69, 9.17) is 4.74 Å². The Morgan fingerprint density at radius 3 is 2.85 bits per heavy atom. The predicted molar refractivity (Wildman–Crippen MR) is 106 cm³/mol. The second kappa shape index (κ2) is 8.97. The van der Waals surface area contributed by atoms with Crippen LogP contribution in [-0.4, -0.2) is 73.2 Å². The molecule has 1 aliphatic heterocycles. The third-order valence-corrected chi connectivity index (χ3v) is 7.28. The van der Waals surface area contributed by atoms with Crippen LogP contribution in [0, 0.1) is 0 Å². The van der Waals surface area contributed by atoms with Gasteiger partial charge >= 0.3 is 0 Å². The molecule has 1 N–H and O–H groups in total. The lowest BCUT2D eigenvalue weighted by Gasteiger charge is -2.34. The molecule has 0 saturated carbocycles. The van der Waals surface area contributed by atoms with Gasteiger partial charge < -0.3 is 9.72 Å². The number of sulfonamides is 1. The molecule has 3 rings (SSSR count). The molecule has 1 aromatic heterocycles. The normalized spacial score (nSPS) is 18.9. The topological polar surface area (TPSA) is 78.5 Å². The van der Waals surface area contributed by atoms with Crippen LogP contribution in [-0.2, 0) is 21.3 Å². The molecule has 0 spiro atoms. The first kappa shape index (κ1) is 20.0. The number of benzene rings is 1. The maximum atomic E-state index is 12.8. The average molecular weight is 393 g/mol. The van der Waals surface area contributed by atoms with E-state index in [0.29, 0.717) is 32.7 Å². The van der Waals surface area contributed by atoms with Gasteiger partial charge in [0.1, 0.15) is 5.82 Å². The Hall–Kier alpha value is -1.74. The number of methoxy groups -OCH3 is 1. The zero-order chi connectivity index (χ0) is 19.3. The Balaban J connectivity index is 1.63. The molecule has 1 aromatic carbocycles. The second-order valence-electron chi connectivity index (χ2n) is 6.98. The van der Waals surface area contributed by atoms with Crippen LogP contribution in [0.25, 0.3) is 11.4 Å². The third-order valence-electron chi connectivity index (χ3n) is 5.00. The third kappa shape index (κ3) is 4.95. The minimum atomic E-state index is -3.31. The molecule has 27 heavy (non-hydrogen) atoms. The minimum absolute atomic E-state index is 0.371. The van der Waals surface area contributed by atoms with Gasteiger partial charge in [-0.25, -0.2) is 17.7 Å². The first-order valence-electron chi connectivity index (χ1n) is 9.26. The molecule has 148 valence electrons. The van der Waals surface area contributed by atoms with Crippen LogP contribution in [0.1, 0.15) is 18.5 Å². The molecule has 1 unspecified atom stereocenters. The van der Waals surface area contributed by atoms with Crippen LogP contribution in [0.5, 0.6) is 0 Å². The Labute approximate surface area is 161 Å². The fraction of sp³-hybridized carbons (Fsp3) is 0.526. The minimum Gasteiger partial charge on any atom is -0.383 e. The maximum absolute atomic E-state index is 12.8. The van der Waals surface area contributed by atoms with Gasteiger partial charge in [0, 0.05) is 51.2 Å². The number of H-pyrrole nitrogens is 1. The van der Waals surface area contributed by atoms with E-state index in [2.05, 4.69) is 14.9 Å². The molecular weight excluding hydrogens is 364 g/mol. The lowest BCUT2D eigenvalue weighted by Crippen LogP contribution is -2.47. The van der Waals surface area contributed by atoms with Crippen molar-refractivity contribution < 1.29 is 13.2 Å². The van der Waals surface area contributed by atoms with Crippen molar-refractivity contribution in [2.45, 2.75) is 24.6 Å². The lowest BCUT2D eigenvalue weighted by molar-refractivity contribution is 0.182. The molecule has 1 saturated heterocycles. The zero-order valence-corrected chi connectivity index (χ0v) is 16.8. The van der Waals surface area contributed by atoms with Gasteiger partial charge in [0.2, 0.25) is 10.0 Å². The number of hydrogen-bond acceptors (Lipinski definition) is 5. The van der Waals surface area contributed by atoms with Crippen molar-refractivity contribution in [3.63, 3.8) is 0 Å². The van der Waals surface area contributed by atoms with E-state index in [0.717, 1.165) is 30.0 Å². The molecule has 0 bridgehead atoms. The van der Waals surface area contributed by atoms with E-state index in [9.17, 15) is 8.42 Å². The summed E-state index contributed by atoms with van der Waals surface area (Å²) in [5.74, 6) is 0.839. The fourth-order valence-electron chi connectivity index (χ4n) is 3.42. The maximum Gasteiger partial charge on any atom is 0.218 e. The second-order valence-corrected chi connectivity index (χ2v) is 9.30. The molecule has 1 atom stereocenters. The summed E-state index contributed by atoms with van der Waals surface area (Å²) in [6, 6.07) is 9.98. The van der Waals surface area contributed by atoms with Crippen LogP contribution in [0.4, 0.5) is 0 Å². The Kier molecular flexibility index (Phi) is 6.64. The molecule has 1 aliphatic rings. The number of rotatable bonds is 8. The Morgan fingerprint density at radius 2 is 2.11 bits per heavy atom. The zero-order valence-electron chi connectivity index (χ0n) is 16.0. The highest BCUT2D eigenvalue weighted by molar-refractivity contribution is 7.89. The van der Waals surface area contributed by atoms with E-state index in [-0.39, 0.29) is 5.25 Å². The lowest BCUT2D eigenvalue weighted by atomic mass is 10.1. The first-order chi connectivity index (χ1) is 13.0. The molecule has 0 aliphatic carbocycles. The van der Waals surface area contributed by atoms with Crippen LogP contribution in [0.15, 0.2) is 36.5 Å². The highest BCUT2D eigenvalue weighted by atomic mass is 32.2. The average Bonchev–Trinajstić information content (AvgIpc) is 3.15. The molecule has 2 aromatic rings. The largest absolute Gasteiger partial charge is 0.383 e. The summed E-state index contributed by atoms with van der Waals surface area (Å²) in [6.45, 7) is 2.90. The van der Waals surface area contributed by atoms with Crippen molar-refractivity contribution in [3.8, 4) is 11.4 Å². The van der Waals surface area contributed by atoms with E-state index in [1.807, 2.05) is 36.5 Å². The molecule has 7 nitrogen and oxygen atoms in total. The van der Waals surface area contributed by atoms with Gasteiger partial charge in [-0.05, 0) is 19.4 Å². The molecular formula is C19H28N4O3S. The van der Waals surface area contributed by atoms with Gasteiger partial charge in [-0.15, -0.1) is 0 Å². The van der Waals surface area contributed by atoms with Crippen LogP contribution in [0.3, 0.4) is 0 Å². The van der Waals surface area contributed by atoms with Gasteiger partial charge in [-0.3, -0.25) is 4.90 Å². The quantitative estimate of drug-likeness (QED) is 0.743. The Bertz CT molecular complexity index is 822. The number of aromatic amines is 1. The van der Waals surface area contributed by atoms with E-state index in [1.165, 1.54) is 4.31 Å². The number of hydrogen-bond donors (Lipinski definition) is 1. The summed E-state index contributed by atoms with van der Waals surface area (Å²) in [5, 5.41) is -0.371. The molecule has 8 heteroatoms. The molecule has 1 fully saturated rings. The molecule has 0 amide bonds. The monoisotopic (exact) mass is 392 g/mol. The van der Waals surface area contributed by atoms with Crippen molar-refractivity contribution in [1.29, 1.82) is 0 Å².